The zero-order valence-corrected chi connectivity index (χ0v) is 9.67. The molecule has 0 radical (unpaired) electrons. The maximum Gasteiger partial charge on any atom is 0.115 e. The third kappa shape index (κ3) is 3.43. The second-order valence-corrected chi connectivity index (χ2v) is 5.06. The van der Waals surface area contributed by atoms with Crippen LogP contribution in [0.2, 0.25) is 0 Å². The van der Waals surface area contributed by atoms with E-state index in [2.05, 4.69) is 4.90 Å². The maximum atomic E-state index is 9.14. The summed E-state index contributed by atoms with van der Waals surface area (Å²) >= 11 is 1.86. The summed E-state index contributed by atoms with van der Waals surface area (Å²) in [6.45, 7) is 3.73. The van der Waals surface area contributed by atoms with Crippen molar-refractivity contribution in [1.29, 1.82) is 0 Å². The first-order valence-electron chi connectivity index (χ1n) is 5.49. The Morgan fingerprint density at radius 2 is 1.80 bits per heavy atom. The monoisotopic (exact) mass is 223 g/mol. The lowest BCUT2D eigenvalue weighted by Gasteiger charge is -2.13. The van der Waals surface area contributed by atoms with E-state index in [0.29, 0.717) is 5.75 Å². The van der Waals surface area contributed by atoms with Crippen molar-refractivity contribution in [2.24, 2.45) is 0 Å². The van der Waals surface area contributed by atoms with Crippen LogP contribution in [0, 0.1) is 0 Å². The fourth-order valence-electron chi connectivity index (χ4n) is 1.84. The molecule has 0 amide bonds. The van der Waals surface area contributed by atoms with Crippen LogP contribution in [-0.2, 0) is 0 Å². The van der Waals surface area contributed by atoms with E-state index in [1.807, 2.05) is 23.9 Å². The van der Waals surface area contributed by atoms with E-state index in [1.165, 1.54) is 37.4 Å². The highest BCUT2D eigenvalue weighted by Gasteiger charge is 2.10. The summed E-state index contributed by atoms with van der Waals surface area (Å²) in [5.74, 6) is 1.49. The van der Waals surface area contributed by atoms with Crippen molar-refractivity contribution < 1.29 is 5.11 Å². The van der Waals surface area contributed by atoms with Gasteiger partial charge in [-0.2, -0.15) is 0 Å². The highest BCUT2D eigenvalue weighted by Crippen LogP contribution is 2.21. The predicted octanol–water partition coefficient (Wildman–Crippen LogP) is 2.58. The number of rotatable bonds is 4. The molecule has 1 aliphatic rings. The summed E-state index contributed by atoms with van der Waals surface area (Å²) in [6, 6.07) is 7.45. The number of phenols is 1. The van der Waals surface area contributed by atoms with Gasteiger partial charge in [-0.1, -0.05) is 0 Å². The molecule has 0 unspecified atom stereocenters. The Bertz CT molecular complexity index is 293. The Balaban J connectivity index is 1.71. The predicted molar refractivity (Wildman–Crippen MR) is 64.5 cm³/mol. The molecule has 2 nitrogen and oxygen atoms in total. The molecule has 0 aliphatic carbocycles. The van der Waals surface area contributed by atoms with Crippen molar-refractivity contribution >= 4 is 11.8 Å². The smallest absolute Gasteiger partial charge is 0.115 e. The van der Waals surface area contributed by atoms with Crippen LogP contribution < -0.4 is 0 Å². The Labute approximate surface area is 95.3 Å². The number of hydrogen-bond donors (Lipinski definition) is 1. The first kappa shape index (κ1) is 10.8. The van der Waals surface area contributed by atoms with Gasteiger partial charge in [0, 0.05) is 17.2 Å². The molecule has 0 aromatic heterocycles. The molecular weight excluding hydrogens is 206 g/mol. The highest BCUT2D eigenvalue weighted by atomic mass is 32.2. The third-order valence-corrected chi connectivity index (χ3v) is 3.70. The lowest BCUT2D eigenvalue weighted by molar-refractivity contribution is 0.362. The molecular formula is C12H17NOS. The average Bonchev–Trinajstić information content (AvgIpc) is 2.74. The summed E-state index contributed by atoms with van der Waals surface area (Å²) in [5, 5.41) is 9.14. The first-order chi connectivity index (χ1) is 7.34. The minimum absolute atomic E-state index is 0.346. The molecule has 3 heteroatoms. The van der Waals surface area contributed by atoms with E-state index in [9.17, 15) is 0 Å². The Morgan fingerprint density at radius 3 is 2.47 bits per heavy atom. The Hall–Kier alpha value is -0.670. The van der Waals surface area contributed by atoms with Crippen molar-refractivity contribution in [1.82, 2.24) is 4.90 Å². The van der Waals surface area contributed by atoms with Crippen LogP contribution in [0.15, 0.2) is 29.2 Å². The second-order valence-electron chi connectivity index (χ2n) is 3.89. The third-order valence-electron chi connectivity index (χ3n) is 2.71. The van der Waals surface area contributed by atoms with E-state index in [4.69, 9.17) is 5.11 Å². The standard InChI is InChI=1S/C12H17NOS/c14-11-3-5-12(6-4-11)15-10-9-13-7-1-2-8-13/h3-6,14H,1-2,7-10H2. The molecule has 1 N–H and O–H groups in total. The van der Waals surface area contributed by atoms with Gasteiger partial charge in [-0.25, -0.2) is 0 Å². The summed E-state index contributed by atoms with van der Waals surface area (Å²) < 4.78 is 0. The molecule has 1 aromatic carbocycles. The number of likely N-dealkylation sites (tertiary alicyclic amines) is 1. The first-order valence-corrected chi connectivity index (χ1v) is 6.47. The second kappa shape index (κ2) is 5.42. The molecule has 0 bridgehead atoms. The van der Waals surface area contributed by atoms with Crippen molar-refractivity contribution in [3.63, 3.8) is 0 Å². The fourth-order valence-corrected chi connectivity index (χ4v) is 2.75. The molecule has 0 saturated carbocycles. The van der Waals surface area contributed by atoms with Gasteiger partial charge in [0.25, 0.3) is 0 Å². The van der Waals surface area contributed by atoms with E-state index < -0.39 is 0 Å². The number of nitrogens with zero attached hydrogens (tertiary/aromatic N) is 1. The van der Waals surface area contributed by atoms with Crippen LogP contribution in [0.4, 0.5) is 0 Å². The highest BCUT2D eigenvalue weighted by molar-refractivity contribution is 7.99. The fraction of sp³-hybridized carbons (Fsp3) is 0.500. The van der Waals surface area contributed by atoms with Crippen molar-refractivity contribution in [3.8, 4) is 5.75 Å². The molecule has 82 valence electrons. The van der Waals surface area contributed by atoms with Gasteiger partial charge in [0.2, 0.25) is 0 Å². The molecule has 15 heavy (non-hydrogen) atoms. The van der Waals surface area contributed by atoms with E-state index >= 15 is 0 Å². The Kier molecular flexibility index (Phi) is 3.92. The molecule has 1 aromatic rings. The van der Waals surface area contributed by atoms with Gasteiger partial charge in [0.1, 0.15) is 5.75 Å². The molecule has 1 heterocycles. The molecule has 0 atom stereocenters. The van der Waals surface area contributed by atoms with Gasteiger partial charge in [0.05, 0.1) is 0 Å². The van der Waals surface area contributed by atoms with Crippen LogP contribution in [-0.4, -0.2) is 35.4 Å². The Morgan fingerprint density at radius 1 is 1.13 bits per heavy atom. The normalized spacial score (nSPS) is 17.1. The lowest BCUT2D eigenvalue weighted by Crippen LogP contribution is -2.21. The van der Waals surface area contributed by atoms with E-state index in [0.717, 1.165) is 5.75 Å². The number of thioether (sulfide) groups is 1. The lowest BCUT2D eigenvalue weighted by atomic mass is 10.3. The topological polar surface area (TPSA) is 23.5 Å². The van der Waals surface area contributed by atoms with Crippen molar-refractivity contribution in [2.45, 2.75) is 17.7 Å². The van der Waals surface area contributed by atoms with Gasteiger partial charge >= 0.3 is 0 Å². The number of hydrogen-bond acceptors (Lipinski definition) is 3. The summed E-state index contributed by atoms with van der Waals surface area (Å²) in [7, 11) is 0. The SMILES string of the molecule is Oc1ccc(SCCN2CCCC2)cc1. The number of aromatic hydroxyl groups is 1. The summed E-state index contributed by atoms with van der Waals surface area (Å²) in [5.41, 5.74) is 0. The van der Waals surface area contributed by atoms with Gasteiger partial charge < -0.3 is 10.0 Å². The molecule has 1 saturated heterocycles. The zero-order chi connectivity index (χ0) is 10.5. The van der Waals surface area contributed by atoms with Crippen molar-refractivity contribution in [3.05, 3.63) is 24.3 Å². The average molecular weight is 223 g/mol. The van der Waals surface area contributed by atoms with Crippen LogP contribution in [0.5, 0.6) is 5.75 Å². The quantitative estimate of drug-likeness (QED) is 0.794. The van der Waals surface area contributed by atoms with Gasteiger partial charge in [-0.15, -0.1) is 11.8 Å². The number of phenolic OH excluding ortho intramolecular Hbond substituents is 1. The van der Waals surface area contributed by atoms with Crippen LogP contribution >= 0.6 is 11.8 Å². The van der Waals surface area contributed by atoms with Gasteiger partial charge in [-0.3, -0.25) is 0 Å². The van der Waals surface area contributed by atoms with Crippen LogP contribution in [0.3, 0.4) is 0 Å². The van der Waals surface area contributed by atoms with E-state index in [1.54, 1.807) is 12.1 Å². The number of benzene rings is 1. The molecule has 1 fully saturated rings. The zero-order valence-electron chi connectivity index (χ0n) is 8.85. The minimum atomic E-state index is 0.346. The van der Waals surface area contributed by atoms with Gasteiger partial charge in [-0.05, 0) is 50.2 Å². The van der Waals surface area contributed by atoms with Crippen LogP contribution in [0.1, 0.15) is 12.8 Å². The minimum Gasteiger partial charge on any atom is -0.508 e. The molecule has 2 rings (SSSR count). The largest absolute Gasteiger partial charge is 0.508 e. The summed E-state index contributed by atoms with van der Waals surface area (Å²) in [6.07, 6.45) is 2.73. The van der Waals surface area contributed by atoms with E-state index in [-0.39, 0.29) is 0 Å². The van der Waals surface area contributed by atoms with Gasteiger partial charge in [0.15, 0.2) is 0 Å². The molecule has 1 aliphatic heterocycles. The van der Waals surface area contributed by atoms with Crippen molar-refractivity contribution in [2.75, 3.05) is 25.4 Å². The maximum absolute atomic E-state index is 9.14. The van der Waals surface area contributed by atoms with Crippen LogP contribution in [0.25, 0.3) is 0 Å². The summed E-state index contributed by atoms with van der Waals surface area (Å²) in [4.78, 5) is 3.76. The molecule has 0 spiro atoms.